The van der Waals surface area contributed by atoms with E-state index in [1.807, 2.05) is 0 Å². The predicted molar refractivity (Wildman–Crippen MR) is 93.4 cm³/mol. The Labute approximate surface area is 150 Å². The second-order valence-electron chi connectivity index (χ2n) is 6.07. The van der Waals surface area contributed by atoms with Gasteiger partial charge in [-0.25, -0.2) is 17.2 Å². The molecule has 1 saturated heterocycles. The van der Waals surface area contributed by atoms with Crippen molar-refractivity contribution in [1.82, 2.24) is 4.31 Å². The number of amides is 1. The van der Waals surface area contributed by atoms with Gasteiger partial charge in [0.15, 0.2) is 0 Å². The van der Waals surface area contributed by atoms with Crippen molar-refractivity contribution in [3.05, 3.63) is 59.7 Å². The van der Waals surface area contributed by atoms with Crippen molar-refractivity contribution in [2.75, 3.05) is 18.4 Å². The summed E-state index contributed by atoms with van der Waals surface area (Å²) < 4.78 is 53.8. The monoisotopic (exact) mass is 380 g/mol. The number of carbonyl (C=O) groups is 1. The van der Waals surface area contributed by atoms with Crippen LogP contribution in [0.5, 0.6) is 0 Å². The molecule has 1 amide bonds. The van der Waals surface area contributed by atoms with E-state index in [1.54, 1.807) is 0 Å². The van der Waals surface area contributed by atoms with Crippen LogP contribution in [-0.4, -0.2) is 31.7 Å². The smallest absolute Gasteiger partial charge is 0.257 e. The maximum absolute atomic E-state index is 13.3. The maximum Gasteiger partial charge on any atom is 0.257 e. The molecule has 0 unspecified atom stereocenters. The van der Waals surface area contributed by atoms with Crippen LogP contribution in [0.2, 0.25) is 0 Å². The molecule has 0 bridgehead atoms. The lowest BCUT2D eigenvalue weighted by Gasteiger charge is -2.26. The number of rotatable bonds is 4. The Balaban J connectivity index is 1.92. The van der Waals surface area contributed by atoms with Gasteiger partial charge in [-0.1, -0.05) is 18.6 Å². The van der Waals surface area contributed by atoms with E-state index in [-0.39, 0.29) is 16.1 Å². The number of benzene rings is 2. The number of sulfonamides is 1. The zero-order chi connectivity index (χ0) is 18.7. The highest BCUT2D eigenvalue weighted by Gasteiger charge is 2.29. The van der Waals surface area contributed by atoms with E-state index in [0.29, 0.717) is 19.2 Å². The van der Waals surface area contributed by atoms with Gasteiger partial charge in [0.05, 0.1) is 10.5 Å². The van der Waals surface area contributed by atoms with Gasteiger partial charge in [0.25, 0.3) is 5.91 Å². The molecule has 1 N–H and O–H groups in total. The number of nitrogens with one attached hydrogen (secondary N) is 1. The fraction of sp³-hybridized carbons (Fsp3) is 0.278. The number of halogens is 2. The molecule has 0 spiro atoms. The lowest BCUT2D eigenvalue weighted by molar-refractivity contribution is 0.102. The van der Waals surface area contributed by atoms with Crippen LogP contribution in [-0.2, 0) is 10.0 Å². The largest absolute Gasteiger partial charge is 0.322 e. The Morgan fingerprint density at radius 2 is 1.58 bits per heavy atom. The third kappa shape index (κ3) is 3.91. The minimum Gasteiger partial charge on any atom is -0.322 e. The molecule has 1 aliphatic rings. The summed E-state index contributed by atoms with van der Waals surface area (Å²) in [6.45, 7) is 0.820. The van der Waals surface area contributed by atoms with E-state index >= 15 is 0 Å². The topological polar surface area (TPSA) is 66.5 Å². The van der Waals surface area contributed by atoms with E-state index in [1.165, 1.54) is 28.6 Å². The average molecular weight is 380 g/mol. The molecule has 8 heteroatoms. The number of hydrogen-bond donors (Lipinski definition) is 1. The summed E-state index contributed by atoms with van der Waals surface area (Å²) in [7, 11) is -3.82. The zero-order valence-electron chi connectivity index (χ0n) is 13.9. The van der Waals surface area contributed by atoms with Gasteiger partial charge in [-0.3, -0.25) is 4.79 Å². The van der Waals surface area contributed by atoms with Crippen LogP contribution in [0.25, 0.3) is 0 Å². The zero-order valence-corrected chi connectivity index (χ0v) is 14.7. The van der Waals surface area contributed by atoms with E-state index in [9.17, 15) is 22.0 Å². The first-order valence-electron chi connectivity index (χ1n) is 8.24. The second kappa shape index (κ2) is 7.51. The molecule has 0 aliphatic carbocycles. The lowest BCUT2D eigenvalue weighted by Crippen LogP contribution is -2.36. The number of anilines is 1. The van der Waals surface area contributed by atoms with Crippen molar-refractivity contribution in [1.29, 1.82) is 0 Å². The number of carbonyl (C=O) groups excluding carboxylic acids is 1. The first-order valence-corrected chi connectivity index (χ1v) is 9.68. The molecule has 3 rings (SSSR count). The third-order valence-electron chi connectivity index (χ3n) is 4.18. The van der Waals surface area contributed by atoms with Gasteiger partial charge in [0.1, 0.15) is 11.6 Å². The van der Waals surface area contributed by atoms with Gasteiger partial charge in [0.2, 0.25) is 10.0 Å². The van der Waals surface area contributed by atoms with Gasteiger partial charge in [-0.05, 0) is 37.1 Å². The third-order valence-corrected chi connectivity index (χ3v) is 6.14. The summed E-state index contributed by atoms with van der Waals surface area (Å²) in [5.74, 6) is -2.42. The standard InChI is InChI=1S/C18H18F2N2O3S/c19-13-10-14(20)12-15(11-13)21-18(23)16-6-2-3-7-17(16)26(24,25)22-8-4-1-5-9-22/h2-3,6-7,10-12H,1,4-5,8-9H2,(H,21,23). The Morgan fingerprint density at radius 1 is 0.962 bits per heavy atom. The highest BCUT2D eigenvalue weighted by Crippen LogP contribution is 2.24. The van der Waals surface area contributed by atoms with Crippen molar-refractivity contribution in [2.45, 2.75) is 24.2 Å². The summed E-state index contributed by atoms with van der Waals surface area (Å²) in [4.78, 5) is 12.4. The normalized spacial score (nSPS) is 15.6. The molecular formula is C18H18F2N2O3S. The van der Waals surface area contributed by atoms with Gasteiger partial charge in [-0.2, -0.15) is 4.31 Å². The van der Waals surface area contributed by atoms with Gasteiger partial charge in [-0.15, -0.1) is 0 Å². The predicted octanol–water partition coefficient (Wildman–Crippen LogP) is 3.39. The molecule has 0 atom stereocenters. The first-order chi connectivity index (χ1) is 12.4. The molecule has 0 saturated carbocycles. The SMILES string of the molecule is O=C(Nc1cc(F)cc(F)c1)c1ccccc1S(=O)(=O)N1CCCCC1. The molecule has 0 radical (unpaired) electrons. The Hall–Kier alpha value is -2.32. The van der Waals surface area contributed by atoms with Crippen molar-refractivity contribution in [3.63, 3.8) is 0 Å². The first kappa shape index (κ1) is 18.5. The summed E-state index contributed by atoms with van der Waals surface area (Å²) in [5, 5.41) is 2.35. The minimum absolute atomic E-state index is 0.0669. The molecule has 0 aromatic heterocycles. The summed E-state index contributed by atoms with van der Waals surface area (Å²) >= 11 is 0. The molecule has 1 heterocycles. The fourth-order valence-corrected chi connectivity index (χ4v) is 4.65. The van der Waals surface area contributed by atoms with Crippen molar-refractivity contribution in [2.24, 2.45) is 0 Å². The highest BCUT2D eigenvalue weighted by molar-refractivity contribution is 7.89. The van der Waals surface area contributed by atoms with Gasteiger partial charge in [0, 0.05) is 24.8 Å². The van der Waals surface area contributed by atoms with E-state index in [2.05, 4.69) is 5.32 Å². The molecule has 26 heavy (non-hydrogen) atoms. The highest BCUT2D eigenvalue weighted by atomic mass is 32.2. The van der Waals surface area contributed by atoms with Crippen molar-refractivity contribution >= 4 is 21.6 Å². The molecule has 1 aliphatic heterocycles. The Bertz CT molecular complexity index is 906. The number of nitrogens with zero attached hydrogens (tertiary/aromatic N) is 1. The molecule has 2 aromatic rings. The Morgan fingerprint density at radius 3 is 2.23 bits per heavy atom. The summed E-state index contributed by atoms with van der Waals surface area (Å²) in [5.41, 5.74) is -0.152. The van der Waals surface area contributed by atoms with Crippen molar-refractivity contribution in [3.8, 4) is 0 Å². The summed E-state index contributed by atoms with van der Waals surface area (Å²) in [6, 6.07) is 8.43. The molecule has 2 aromatic carbocycles. The summed E-state index contributed by atoms with van der Waals surface area (Å²) in [6.07, 6.45) is 2.52. The van der Waals surface area contributed by atoms with Crippen LogP contribution < -0.4 is 5.32 Å². The molecule has 1 fully saturated rings. The number of hydrogen-bond acceptors (Lipinski definition) is 3. The molecule has 5 nitrogen and oxygen atoms in total. The van der Waals surface area contributed by atoms with Crippen LogP contribution in [0.3, 0.4) is 0 Å². The minimum atomic E-state index is -3.82. The van der Waals surface area contributed by atoms with Gasteiger partial charge >= 0.3 is 0 Å². The van der Waals surface area contributed by atoms with Crippen LogP contribution in [0.1, 0.15) is 29.6 Å². The molecular weight excluding hydrogens is 362 g/mol. The lowest BCUT2D eigenvalue weighted by atomic mass is 10.2. The van der Waals surface area contributed by atoms with E-state index in [4.69, 9.17) is 0 Å². The molecule has 138 valence electrons. The van der Waals surface area contributed by atoms with Crippen molar-refractivity contribution < 1.29 is 22.0 Å². The average Bonchev–Trinajstić information content (AvgIpc) is 2.61. The van der Waals surface area contributed by atoms with E-state index < -0.39 is 27.6 Å². The van der Waals surface area contributed by atoms with Gasteiger partial charge < -0.3 is 5.32 Å². The van der Waals surface area contributed by atoms with Crippen LogP contribution >= 0.6 is 0 Å². The quantitative estimate of drug-likeness (QED) is 0.884. The fourth-order valence-electron chi connectivity index (χ4n) is 2.95. The Kier molecular flexibility index (Phi) is 5.33. The van der Waals surface area contributed by atoms with Crippen LogP contribution in [0.15, 0.2) is 47.4 Å². The number of piperidine rings is 1. The maximum atomic E-state index is 13.3. The second-order valence-corrected chi connectivity index (χ2v) is 7.98. The van der Waals surface area contributed by atoms with Crippen LogP contribution in [0.4, 0.5) is 14.5 Å². The van der Waals surface area contributed by atoms with E-state index in [0.717, 1.165) is 31.4 Å². The van der Waals surface area contributed by atoms with Crippen LogP contribution in [0, 0.1) is 11.6 Å².